The van der Waals surface area contributed by atoms with E-state index in [2.05, 4.69) is 15.2 Å². The van der Waals surface area contributed by atoms with Crippen LogP contribution in [0.4, 0.5) is 10.1 Å². The Morgan fingerprint density at radius 1 is 1.00 bits per heavy atom. The Hall–Kier alpha value is -3.05. The molecule has 3 aromatic rings. The summed E-state index contributed by atoms with van der Waals surface area (Å²) in [6.07, 6.45) is 1.26. The molecule has 0 saturated carbocycles. The lowest BCUT2D eigenvalue weighted by Crippen LogP contribution is -2.53. The maximum Gasteiger partial charge on any atom is 0.245 e. The van der Waals surface area contributed by atoms with Crippen LogP contribution in [0.25, 0.3) is 11.0 Å². The van der Waals surface area contributed by atoms with Gasteiger partial charge in [0.15, 0.2) is 5.52 Å². The number of rotatable bonds is 4. The average Bonchev–Trinajstić information content (AvgIpc) is 3.33. The van der Waals surface area contributed by atoms with E-state index in [1.807, 2.05) is 4.90 Å². The van der Waals surface area contributed by atoms with E-state index < -0.39 is 10.0 Å². The van der Waals surface area contributed by atoms with Crippen molar-refractivity contribution in [2.75, 3.05) is 44.2 Å². The monoisotopic (exact) mass is 473 g/mol. The summed E-state index contributed by atoms with van der Waals surface area (Å²) in [6, 6.07) is 11.1. The van der Waals surface area contributed by atoms with Gasteiger partial charge >= 0.3 is 0 Å². The number of piperidine rings is 1. The summed E-state index contributed by atoms with van der Waals surface area (Å²) in [6.45, 7) is 2.88. The van der Waals surface area contributed by atoms with Gasteiger partial charge in [-0.25, -0.2) is 17.4 Å². The Morgan fingerprint density at radius 2 is 1.76 bits per heavy atom. The molecule has 2 saturated heterocycles. The number of halogens is 1. The van der Waals surface area contributed by atoms with Gasteiger partial charge in [0.2, 0.25) is 15.9 Å². The first-order chi connectivity index (χ1) is 15.9. The molecule has 0 spiro atoms. The van der Waals surface area contributed by atoms with Crippen LogP contribution in [0.3, 0.4) is 0 Å². The first-order valence-corrected chi connectivity index (χ1v) is 12.4. The molecule has 2 aromatic carbocycles. The third kappa shape index (κ3) is 4.18. The molecule has 0 bridgehead atoms. The van der Waals surface area contributed by atoms with Crippen molar-refractivity contribution in [1.82, 2.24) is 19.5 Å². The molecule has 2 fully saturated rings. The molecule has 11 heteroatoms. The van der Waals surface area contributed by atoms with Gasteiger partial charge in [-0.15, -0.1) is 0 Å². The van der Waals surface area contributed by atoms with Crippen molar-refractivity contribution in [1.29, 1.82) is 0 Å². The van der Waals surface area contributed by atoms with E-state index in [1.165, 1.54) is 22.5 Å². The van der Waals surface area contributed by atoms with Gasteiger partial charge in [-0.2, -0.15) is 4.31 Å². The highest BCUT2D eigenvalue weighted by Crippen LogP contribution is 2.28. The fourth-order valence-corrected chi connectivity index (χ4v) is 6.25. The number of sulfonamides is 1. The molecule has 0 unspecified atom stereocenters. The van der Waals surface area contributed by atoms with Crippen LogP contribution in [0, 0.1) is 11.7 Å². The van der Waals surface area contributed by atoms with Gasteiger partial charge in [-0.3, -0.25) is 4.79 Å². The quantitative estimate of drug-likeness (QED) is 0.572. The SMILES string of the molecule is O=C([C@H]1CCCN(S(=O)(=O)c2cccc3nonc23)C1)N1CCN(c2ccc(F)cc2)CC1. The Balaban J connectivity index is 1.26. The maximum atomic E-state index is 13.3. The standard InChI is InChI=1S/C22H24FN5O4S/c23-17-6-8-18(9-7-17)26-11-13-27(14-12-26)22(29)16-3-2-10-28(15-16)33(30,31)20-5-1-4-19-21(20)25-32-24-19/h1,4-9,16H,2-3,10-15H2/t16-/m0/s1. The first-order valence-electron chi connectivity index (χ1n) is 10.9. The molecule has 2 aliphatic heterocycles. The number of hydrogen-bond donors (Lipinski definition) is 0. The van der Waals surface area contributed by atoms with Gasteiger partial charge in [0.1, 0.15) is 16.2 Å². The van der Waals surface area contributed by atoms with E-state index in [0.717, 1.165) is 5.69 Å². The maximum absolute atomic E-state index is 13.3. The Labute approximate surface area is 190 Å². The molecule has 0 aliphatic carbocycles. The van der Waals surface area contributed by atoms with Crippen LogP contribution in [0.2, 0.25) is 0 Å². The molecule has 1 aromatic heterocycles. The van der Waals surface area contributed by atoms with Crippen molar-refractivity contribution >= 4 is 32.7 Å². The lowest BCUT2D eigenvalue weighted by molar-refractivity contribution is -0.137. The van der Waals surface area contributed by atoms with Crippen molar-refractivity contribution in [3.8, 4) is 0 Å². The number of hydrogen-bond acceptors (Lipinski definition) is 7. The molecular formula is C22H24FN5O4S. The van der Waals surface area contributed by atoms with Gasteiger partial charge in [0.25, 0.3) is 0 Å². The Bertz CT molecular complexity index is 1260. The van der Waals surface area contributed by atoms with Crippen LogP contribution in [-0.4, -0.2) is 73.1 Å². The summed E-state index contributed by atoms with van der Waals surface area (Å²) < 4.78 is 45.9. The predicted molar refractivity (Wildman–Crippen MR) is 118 cm³/mol. The number of anilines is 1. The number of carbonyl (C=O) groups is 1. The minimum atomic E-state index is -3.84. The number of aromatic nitrogens is 2. The minimum Gasteiger partial charge on any atom is -0.368 e. The molecule has 33 heavy (non-hydrogen) atoms. The van der Waals surface area contributed by atoms with Crippen molar-refractivity contribution in [2.24, 2.45) is 5.92 Å². The zero-order valence-electron chi connectivity index (χ0n) is 17.9. The van der Waals surface area contributed by atoms with Crippen molar-refractivity contribution in [3.05, 3.63) is 48.3 Å². The second-order valence-electron chi connectivity index (χ2n) is 8.38. The molecule has 3 heterocycles. The van der Waals surface area contributed by atoms with E-state index >= 15 is 0 Å². The molecule has 174 valence electrons. The topological polar surface area (TPSA) is 99.8 Å². The highest BCUT2D eigenvalue weighted by Gasteiger charge is 2.37. The molecule has 5 rings (SSSR count). The van der Waals surface area contributed by atoms with Crippen LogP contribution in [0.1, 0.15) is 12.8 Å². The molecule has 1 atom stereocenters. The van der Waals surface area contributed by atoms with E-state index in [-0.39, 0.29) is 34.6 Å². The summed E-state index contributed by atoms with van der Waals surface area (Å²) in [5, 5.41) is 7.47. The Kier molecular flexibility index (Phi) is 5.75. The lowest BCUT2D eigenvalue weighted by Gasteiger charge is -2.39. The second-order valence-corrected chi connectivity index (χ2v) is 10.3. The molecule has 0 N–H and O–H groups in total. The van der Waals surface area contributed by atoms with E-state index in [0.29, 0.717) is 51.1 Å². The molecule has 9 nitrogen and oxygen atoms in total. The predicted octanol–water partition coefficient (Wildman–Crippen LogP) is 2.11. The largest absolute Gasteiger partial charge is 0.368 e. The molecule has 1 amide bonds. The van der Waals surface area contributed by atoms with Crippen molar-refractivity contribution in [2.45, 2.75) is 17.7 Å². The van der Waals surface area contributed by atoms with Gasteiger partial charge in [-0.1, -0.05) is 6.07 Å². The summed E-state index contributed by atoms with van der Waals surface area (Å²) in [7, 11) is -3.84. The molecular weight excluding hydrogens is 449 g/mol. The van der Waals surface area contributed by atoms with Gasteiger partial charge in [-0.05, 0) is 59.6 Å². The average molecular weight is 474 g/mol. The fourth-order valence-electron chi connectivity index (χ4n) is 4.59. The van der Waals surface area contributed by atoms with Gasteiger partial charge < -0.3 is 9.80 Å². The molecule has 2 aliphatic rings. The number of benzene rings is 2. The third-order valence-corrected chi connectivity index (χ3v) is 8.28. The number of fused-ring (bicyclic) bond motifs is 1. The summed E-state index contributed by atoms with van der Waals surface area (Å²) in [5.74, 6) is -0.684. The zero-order chi connectivity index (χ0) is 23.0. The van der Waals surface area contributed by atoms with E-state index in [9.17, 15) is 17.6 Å². The summed E-state index contributed by atoms with van der Waals surface area (Å²) in [5.41, 5.74) is 1.50. The van der Waals surface area contributed by atoms with Gasteiger partial charge in [0.05, 0.1) is 5.92 Å². The fraction of sp³-hybridized carbons (Fsp3) is 0.409. The first kappa shape index (κ1) is 21.8. The van der Waals surface area contributed by atoms with Crippen LogP contribution in [-0.2, 0) is 14.8 Å². The number of piperazine rings is 1. The number of carbonyl (C=O) groups excluding carboxylic acids is 1. The third-order valence-electron chi connectivity index (χ3n) is 6.38. The highest BCUT2D eigenvalue weighted by molar-refractivity contribution is 7.89. The normalized spacial score (nSPS) is 20.3. The lowest BCUT2D eigenvalue weighted by atomic mass is 9.97. The van der Waals surface area contributed by atoms with Gasteiger partial charge in [0, 0.05) is 45.0 Å². The van der Waals surface area contributed by atoms with E-state index in [4.69, 9.17) is 4.63 Å². The zero-order valence-corrected chi connectivity index (χ0v) is 18.7. The van der Waals surface area contributed by atoms with Crippen LogP contribution in [0.15, 0.2) is 52.0 Å². The van der Waals surface area contributed by atoms with Crippen LogP contribution in [0.5, 0.6) is 0 Å². The number of amides is 1. The highest BCUT2D eigenvalue weighted by atomic mass is 32.2. The molecule has 0 radical (unpaired) electrons. The van der Waals surface area contributed by atoms with Crippen molar-refractivity contribution < 1.29 is 22.2 Å². The summed E-state index contributed by atoms with van der Waals surface area (Å²) >= 11 is 0. The Morgan fingerprint density at radius 3 is 2.52 bits per heavy atom. The minimum absolute atomic E-state index is 0.0185. The number of nitrogens with zero attached hydrogens (tertiary/aromatic N) is 5. The van der Waals surface area contributed by atoms with Crippen LogP contribution < -0.4 is 4.90 Å². The summed E-state index contributed by atoms with van der Waals surface area (Å²) in [4.78, 5) is 17.2. The van der Waals surface area contributed by atoms with Crippen LogP contribution >= 0.6 is 0 Å². The van der Waals surface area contributed by atoms with E-state index in [1.54, 1.807) is 24.3 Å². The smallest absolute Gasteiger partial charge is 0.245 e. The second kappa shape index (κ2) is 8.71. The van der Waals surface area contributed by atoms with Crippen molar-refractivity contribution in [3.63, 3.8) is 0 Å².